The molecular formula is C17H15Cl2NO3. The summed E-state index contributed by atoms with van der Waals surface area (Å²) >= 11 is 11.8. The number of carbonyl (C=O) groups is 2. The molecule has 2 rings (SSSR count). The van der Waals surface area contributed by atoms with Crippen molar-refractivity contribution >= 4 is 40.8 Å². The Balaban J connectivity index is 2.01. The third-order valence-electron chi connectivity index (χ3n) is 3.13. The topological polar surface area (TPSA) is 55.4 Å². The Morgan fingerprint density at radius 3 is 2.39 bits per heavy atom. The zero-order valence-corrected chi connectivity index (χ0v) is 14.1. The first-order chi connectivity index (χ1) is 10.9. The summed E-state index contributed by atoms with van der Waals surface area (Å²) in [6.07, 6.45) is -0.973. The summed E-state index contributed by atoms with van der Waals surface area (Å²) in [7, 11) is 0. The number of rotatable bonds is 4. The van der Waals surface area contributed by atoms with Crippen molar-refractivity contribution in [2.75, 3.05) is 5.32 Å². The van der Waals surface area contributed by atoms with Crippen molar-refractivity contribution < 1.29 is 14.3 Å². The van der Waals surface area contributed by atoms with Gasteiger partial charge in [0.25, 0.3) is 5.91 Å². The lowest BCUT2D eigenvalue weighted by Crippen LogP contribution is -2.30. The third kappa shape index (κ3) is 4.71. The van der Waals surface area contributed by atoms with Crippen molar-refractivity contribution in [2.45, 2.75) is 20.0 Å². The van der Waals surface area contributed by atoms with Crippen LogP contribution in [0.25, 0.3) is 0 Å². The third-order valence-corrected chi connectivity index (χ3v) is 3.69. The van der Waals surface area contributed by atoms with Gasteiger partial charge in [0.2, 0.25) is 0 Å². The van der Waals surface area contributed by atoms with E-state index >= 15 is 0 Å². The van der Waals surface area contributed by atoms with Crippen LogP contribution in [0.4, 0.5) is 5.69 Å². The molecule has 0 heterocycles. The average molecular weight is 352 g/mol. The quantitative estimate of drug-likeness (QED) is 0.825. The summed E-state index contributed by atoms with van der Waals surface area (Å²) in [5.41, 5.74) is 1.78. The number of hydrogen-bond acceptors (Lipinski definition) is 3. The molecule has 1 N–H and O–H groups in total. The van der Waals surface area contributed by atoms with Gasteiger partial charge >= 0.3 is 5.97 Å². The van der Waals surface area contributed by atoms with Crippen molar-refractivity contribution in [3.05, 3.63) is 63.6 Å². The molecule has 0 aliphatic rings. The SMILES string of the molecule is Cc1ccc(C(=O)OC(C)C(=O)Nc2cc(Cl)ccc2Cl)cc1. The van der Waals surface area contributed by atoms with Crippen LogP contribution in [0.2, 0.25) is 10.0 Å². The van der Waals surface area contributed by atoms with Gasteiger partial charge in [-0.05, 0) is 44.2 Å². The lowest BCUT2D eigenvalue weighted by Gasteiger charge is -2.14. The maximum atomic E-state index is 12.1. The zero-order chi connectivity index (χ0) is 17.0. The summed E-state index contributed by atoms with van der Waals surface area (Å²) in [5.74, 6) is -1.06. The lowest BCUT2D eigenvalue weighted by atomic mass is 10.1. The molecule has 0 fully saturated rings. The molecule has 0 saturated heterocycles. The van der Waals surface area contributed by atoms with Gasteiger partial charge in [0.1, 0.15) is 0 Å². The van der Waals surface area contributed by atoms with Gasteiger partial charge in [-0.1, -0.05) is 40.9 Å². The molecule has 2 aromatic carbocycles. The minimum atomic E-state index is -0.973. The molecule has 0 radical (unpaired) electrons. The molecule has 6 heteroatoms. The molecule has 1 amide bonds. The van der Waals surface area contributed by atoms with Crippen LogP contribution in [0.1, 0.15) is 22.8 Å². The Morgan fingerprint density at radius 1 is 1.09 bits per heavy atom. The van der Waals surface area contributed by atoms with Crippen LogP contribution < -0.4 is 5.32 Å². The smallest absolute Gasteiger partial charge is 0.338 e. The van der Waals surface area contributed by atoms with Gasteiger partial charge in [-0.25, -0.2) is 4.79 Å². The Bertz CT molecular complexity index is 729. The predicted octanol–water partition coefficient (Wildman–Crippen LogP) is 4.49. The molecule has 2 aromatic rings. The van der Waals surface area contributed by atoms with E-state index in [0.29, 0.717) is 21.3 Å². The fourth-order valence-corrected chi connectivity index (χ4v) is 2.14. The predicted molar refractivity (Wildman–Crippen MR) is 91.1 cm³/mol. The van der Waals surface area contributed by atoms with Gasteiger partial charge in [-0.15, -0.1) is 0 Å². The molecule has 0 spiro atoms. The highest BCUT2D eigenvalue weighted by Crippen LogP contribution is 2.25. The van der Waals surface area contributed by atoms with Crippen LogP contribution in [0.15, 0.2) is 42.5 Å². The van der Waals surface area contributed by atoms with E-state index in [9.17, 15) is 9.59 Å². The minimum absolute atomic E-state index is 0.347. The van der Waals surface area contributed by atoms with E-state index in [1.807, 2.05) is 6.92 Å². The van der Waals surface area contributed by atoms with Crippen LogP contribution in [0.5, 0.6) is 0 Å². The monoisotopic (exact) mass is 351 g/mol. The summed E-state index contributed by atoms with van der Waals surface area (Å²) in [6.45, 7) is 3.40. The van der Waals surface area contributed by atoms with E-state index in [0.717, 1.165) is 5.56 Å². The molecule has 0 aliphatic heterocycles. The second-order valence-corrected chi connectivity index (χ2v) is 5.87. The van der Waals surface area contributed by atoms with Gasteiger partial charge in [0.15, 0.2) is 6.10 Å². The van der Waals surface area contributed by atoms with Gasteiger partial charge in [0, 0.05) is 5.02 Å². The highest BCUT2D eigenvalue weighted by Gasteiger charge is 2.19. The number of hydrogen-bond donors (Lipinski definition) is 1. The van der Waals surface area contributed by atoms with E-state index < -0.39 is 18.0 Å². The Labute approximate surface area is 144 Å². The van der Waals surface area contributed by atoms with Gasteiger partial charge in [0.05, 0.1) is 16.3 Å². The van der Waals surface area contributed by atoms with Gasteiger partial charge < -0.3 is 10.1 Å². The number of esters is 1. The van der Waals surface area contributed by atoms with Crippen molar-refractivity contribution in [3.8, 4) is 0 Å². The normalized spacial score (nSPS) is 11.7. The summed E-state index contributed by atoms with van der Waals surface area (Å²) in [5, 5.41) is 3.37. The van der Waals surface area contributed by atoms with E-state index in [4.69, 9.17) is 27.9 Å². The summed E-state index contributed by atoms with van der Waals surface area (Å²) in [4.78, 5) is 24.1. The number of halogens is 2. The number of nitrogens with one attached hydrogen (secondary N) is 1. The number of anilines is 1. The van der Waals surface area contributed by atoms with Crippen LogP contribution in [-0.2, 0) is 9.53 Å². The second kappa shape index (κ2) is 7.49. The molecule has 0 saturated carbocycles. The van der Waals surface area contributed by atoms with Crippen molar-refractivity contribution in [2.24, 2.45) is 0 Å². The minimum Gasteiger partial charge on any atom is -0.449 e. The molecule has 1 atom stereocenters. The number of carbonyl (C=O) groups excluding carboxylic acids is 2. The summed E-state index contributed by atoms with van der Waals surface area (Å²) in [6, 6.07) is 11.6. The second-order valence-electron chi connectivity index (χ2n) is 5.03. The lowest BCUT2D eigenvalue weighted by molar-refractivity contribution is -0.123. The number of benzene rings is 2. The van der Waals surface area contributed by atoms with Crippen LogP contribution in [-0.4, -0.2) is 18.0 Å². The van der Waals surface area contributed by atoms with Crippen LogP contribution >= 0.6 is 23.2 Å². The standard InChI is InChI=1S/C17H15Cl2NO3/c1-10-3-5-12(6-4-10)17(22)23-11(2)16(21)20-15-9-13(18)7-8-14(15)19/h3-9,11H,1-2H3,(H,20,21). The molecule has 1 unspecified atom stereocenters. The zero-order valence-electron chi connectivity index (χ0n) is 12.6. The first-order valence-electron chi connectivity index (χ1n) is 6.90. The van der Waals surface area contributed by atoms with E-state index in [-0.39, 0.29) is 0 Å². The number of amides is 1. The Hall–Kier alpha value is -2.04. The average Bonchev–Trinajstić information content (AvgIpc) is 2.51. The number of aryl methyl sites for hydroxylation is 1. The van der Waals surface area contributed by atoms with Crippen LogP contribution in [0, 0.1) is 6.92 Å². The highest BCUT2D eigenvalue weighted by atomic mass is 35.5. The van der Waals surface area contributed by atoms with E-state index in [1.165, 1.54) is 13.0 Å². The van der Waals surface area contributed by atoms with E-state index in [1.54, 1.807) is 36.4 Å². The highest BCUT2D eigenvalue weighted by molar-refractivity contribution is 6.35. The molecular weight excluding hydrogens is 337 g/mol. The van der Waals surface area contributed by atoms with Crippen molar-refractivity contribution in [1.29, 1.82) is 0 Å². The molecule has 0 bridgehead atoms. The molecule has 120 valence electrons. The largest absolute Gasteiger partial charge is 0.449 e. The van der Waals surface area contributed by atoms with Gasteiger partial charge in [-0.3, -0.25) is 4.79 Å². The number of ether oxygens (including phenoxy) is 1. The van der Waals surface area contributed by atoms with E-state index in [2.05, 4.69) is 5.32 Å². The van der Waals surface area contributed by atoms with Gasteiger partial charge in [-0.2, -0.15) is 0 Å². The van der Waals surface area contributed by atoms with Crippen molar-refractivity contribution in [1.82, 2.24) is 0 Å². The fraction of sp³-hybridized carbons (Fsp3) is 0.176. The maximum Gasteiger partial charge on any atom is 0.338 e. The Morgan fingerprint density at radius 2 is 1.74 bits per heavy atom. The fourth-order valence-electron chi connectivity index (χ4n) is 1.80. The summed E-state index contributed by atoms with van der Waals surface area (Å²) < 4.78 is 5.15. The van der Waals surface area contributed by atoms with Crippen molar-refractivity contribution in [3.63, 3.8) is 0 Å². The first kappa shape index (κ1) is 17.3. The molecule has 0 aromatic heterocycles. The molecule has 0 aliphatic carbocycles. The van der Waals surface area contributed by atoms with Crippen LogP contribution in [0.3, 0.4) is 0 Å². The molecule has 4 nitrogen and oxygen atoms in total. The first-order valence-corrected chi connectivity index (χ1v) is 7.66. The Kier molecular flexibility index (Phi) is 5.64. The maximum absolute atomic E-state index is 12.1. The molecule has 23 heavy (non-hydrogen) atoms.